The number of unbranched alkanes of at least 4 members (excludes halogenated alkanes) is 1. The van der Waals surface area contributed by atoms with E-state index < -0.39 is 32.2 Å². The molecule has 0 radical (unpaired) electrons. The highest BCUT2D eigenvalue weighted by Gasteiger charge is 2.33. The fraction of sp³-hybridized carbons (Fsp3) is 0.300. The van der Waals surface area contributed by atoms with Crippen LogP contribution in [-0.4, -0.2) is 34.9 Å². The summed E-state index contributed by atoms with van der Waals surface area (Å²) in [5, 5.41) is 10.9. The Morgan fingerprint density at radius 1 is 1.07 bits per heavy atom. The predicted molar refractivity (Wildman–Crippen MR) is 150 cm³/mol. The smallest absolute Gasteiger partial charge is 0.277 e. The molecule has 2 aromatic heterocycles. The van der Waals surface area contributed by atoms with Crippen LogP contribution >= 0.6 is 0 Å². The normalized spacial score (nSPS) is 13.4. The van der Waals surface area contributed by atoms with Gasteiger partial charge in [-0.2, -0.15) is 4.98 Å². The summed E-state index contributed by atoms with van der Waals surface area (Å²) in [6, 6.07) is 12.9. The van der Waals surface area contributed by atoms with E-state index in [1.54, 1.807) is 36.7 Å². The molecule has 1 aliphatic rings. The number of aromatic nitrogens is 3. The van der Waals surface area contributed by atoms with Crippen LogP contribution in [0.25, 0.3) is 11.1 Å². The highest BCUT2D eigenvalue weighted by Crippen LogP contribution is 2.41. The SMILES string of the molecule is CCCCc1nc(O)c(S(=O)(=O)c2ccc(-c3ccncc3C)cc2)c(=O)n1[C@@H](CC)c1cccc2c1OCO2. The van der Waals surface area contributed by atoms with Crippen molar-refractivity contribution in [1.29, 1.82) is 0 Å². The molecule has 0 fully saturated rings. The molecule has 0 bridgehead atoms. The summed E-state index contributed by atoms with van der Waals surface area (Å²) >= 11 is 0. The van der Waals surface area contributed by atoms with Crippen molar-refractivity contribution < 1.29 is 23.0 Å². The van der Waals surface area contributed by atoms with Gasteiger partial charge in [-0.25, -0.2) is 8.42 Å². The molecule has 1 atom stereocenters. The van der Waals surface area contributed by atoms with E-state index in [1.165, 1.54) is 16.7 Å². The Balaban J connectivity index is 1.65. The summed E-state index contributed by atoms with van der Waals surface area (Å²) < 4.78 is 40.3. The van der Waals surface area contributed by atoms with E-state index in [0.29, 0.717) is 42.1 Å². The third kappa shape index (κ3) is 4.83. The van der Waals surface area contributed by atoms with Crippen molar-refractivity contribution in [2.75, 3.05) is 6.79 Å². The van der Waals surface area contributed by atoms with Crippen LogP contribution in [0.15, 0.2) is 75.5 Å². The summed E-state index contributed by atoms with van der Waals surface area (Å²) in [4.78, 5) is 21.6. The van der Waals surface area contributed by atoms with Crippen LogP contribution in [0.1, 0.15) is 56.1 Å². The minimum atomic E-state index is -4.42. The lowest BCUT2D eigenvalue weighted by Gasteiger charge is -2.24. The first-order valence-electron chi connectivity index (χ1n) is 13.3. The monoisotopic (exact) mass is 561 g/mol. The van der Waals surface area contributed by atoms with Crippen molar-refractivity contribution in [2.45, 2.75) is 62.3 Å². The molecule has 0 aliphatic carbocycles. The zero-order chi connectivity index (χ0) is 28.4. The molecule has 10 heteroatoms. The molecule has 208 valence electrons. The number of rotatable bonds is 9. The van der Waals surface area contributed by atoms with Crippen LogP contribution in [0.2, 0.25) is 0 Å². The Morgan fingerprint density at radius 3 is 2.55 bits per heavy atom. The number of pyridine rings is 1. The average Bonchev–Trinajstić information content (AvgIpc) is 3.43. The Bertz CT molecular complexity index is 1710. The van der Waals surface area contributed by atoms with Gasteiger partial charge in [-0.1, -0.05) is 44.5 Å². The first-order chi connectivity index (χ1) is 19.3. The number of nitrogens with zero attached hydrogens (tertiary/aromatic N) is 3. The molecular formula is C30H31N3O6S. The lowest BCUT2D eigenvalue weighted by molar-refractivity contribution is 0.172. The zero-order valence-electron chi connectivity index (χ0n) is 22.6. The molecule has 40 heavy (non-hydrogen) atoms. The number of sulfone groups is 1. The third-order valence-corrected chi connectivity index (χ3v) is 8.92. The van der Waals surface area contributed by atoms with Gasteiger partial charge in [0.15, 0.2) is 16.4 Å². The van der Waals surface area contributed by atoms with Gasteiger partial charge in [0.2, 0.25) is 22.5 Å². The number of para-hydroxylation sites is 1. The van der Waals surface area contributed by atoms with Crippen molar-refractivity contribution >= 4 is 9.84 Å². The Hall–Kier alpha value is -4.18. The van der Waals surface area contributed by atoms with Gasteiger partial charge < -0.3 is 14.6 Å². The van der Waals surface area contributed by atoms with Crippen LogP contribution in [0, 0.1) is 6.92 Å². The fourth-order valence-corrected chi connectivity index (χ4v) is 6.45. The fourth-order valence-electron chi connectivity index (χ4n) is 5.10. The average molecular weight is 562 g/mol. The van der Waals surface area contributed by atoms with E-state index in [0.717, 1.165) is 23.1 Å². The number of ether oxygens (including phenoxy) is 2. The minimum absolute atomic E-state index is 0.0584. The lowest BCUT2D eigenvalue weighted by atomic mass is 10.0. The summed E-state index contributed by atoms with van der Waals surface area (Å²) in [6.07, 6.45) is 5.77. The van der Waals surface area contributed by atoms with E-state index in [-0.39, 0.29) is 11.7 Å². The minimum Gasteiger partial charge on any atom is -0.492 e. The van der Waals surface area contributed by atoms with Crippen LogP contribution in [-0.2, 0) is 16.3 Å². The van der Waals surface area contributed by atoms with E-state index >= 15 is 0 Å². The van der Waals surface area contributed by atoms with E-state index in [9.17, 15) is 18.3 Å². The second-order valence-electron chi connectivity index (χ2n) is 9.68. The second-order valence-corrected chi connectivity index (χ2v) is 11.6. The molecule has 4 aromatic rings. The van der Waals surface area contributed by atoms with Gasteiger partial charge in [0, 0.05) is 24.4 Å². The molecule has 5 rings (SSSR count). The van der Waals surface area contributed by atoms with Crippen molar-refractivity contribution in [3.8, 4) is 28.5 Å². The summed E-state index contributed by atoms with van der Waals surface area (Å²) in [7, 11) is -4.42. The maximum absolute atomic E-state index is 14.1. The van der Waals surface area contributed by atoms with Crippen molar-refractivity contribution in [2.24, 2.45) is 0 Å². The van der Waals surface area contributed by atoms with Crippen molar-refractivity contribution in [3.05, 3.63) is 88.2 Å². The van der Waals surface area contributed by atoms with E-state index in [2.05, 4.69) is 9.97 Å². The number of benzene rings is 2. The molecule has 2 aromatic carbocycles. The number of hydrogen-bond donors (Lipinski definition) is 1. The zero-order valence-corrected chi connectivity index (χ0v) is 23.4. The van der Waals surface area contributed by atoms with E-state index in [4.69, 9.17) is 9.47 Å². The third-order valence-electron chi connectivity index (χ3n) is 7.13. The molecule has 9 nitrogen and oxygen atoms in total. The molecule has 0 amide bonds. The van der Waals surface area contributed by atoms with Gasteiger partial charge in [-0.05, 0) is 60.7 Å². The maximum Gasteiger partial charge on any atom is 0.277 e. The molecule has 0 saturated heterocycles. The Kier molecular flexibility index (Phi) is 7.62. The van der Waals surface area contributed by atoms with Gasteiger partial charge in [0.05, 0.1) is 10.9 Å². The summed E-state index contributed by atoms with van der Waals surface area (Å²) in [5.41, 5.74) is 2.53. The van der Waals surface area contributed by atoms with Gasteiger partial charge in [0.25, 0.3) is 5.56 Å². The van der Waals surface area contributed by atoms with Crippen LogP contribution in [0.4, 0.5) is 0 Å². The molecule has 0 saturated carbocycles. The molecular weight excluding hydrogens is 530 g/mol. The molecule has 0 spiro atoms. The van der Waals surface area contributed by atoms with E-state index in [1.807, 2.05) is 32.9 Å². The maximum atomic E-state index is 14.1. The highest BCUT2D eigenvalue weighted by atomic mass is 32.2. The van der Waals surface area contributed by atoms with Crippen molar-refractivity contribution in [1.82, 2.24) is 14.5 Å². The molecule has 0 unspecified atom stereocenters. The van der Waals surface area contributed by atoms with Gasteiger partial charge in [-0.3, -0.25) is 14.3 Å². The Labute approximate surface area is 233 Å². The van der Waals surface area contributed by atoms with Crippen LogP contribution in [0.5, 0.6) is 17.4 Å². The first kappa shape index (κ1) is 27.4. The Morgan fingerprint density at radius 2 is 1.85 bits per heavy atom. The van der Waals surface area contributed by atoms with Gasteiger partial charge in [0.1, 0.15) is 5.82 Å². The first-order valence-corrected chi connectivity index (χ1v) is 14.7. The number of aryl methyl sites for hydroxylation is 2. The predicted octanol–water partition coefficient (Wildman–Crippen LogP) is 5.22. The standard InChI is InChI=1S/C30H31N3O6S/c1-4-6-10-26-32-29(34)28(30(35)33(26)24(5-2)23-8-7-9-25-27(23)39-18-38-25)40(36,37)21-13-11-20(12-14-21)22-15-16-31-17-19(22)3/h7-9,11-17,24,34H,4-6,10,18H2,1-3H3/t24-/m0/s1. The summed E-state index contributed by atoms with van der Waals surface area (Å²) in [6.45, 7) is 5.88. The summed E-state index contributed by atoms with van der Waals surface area (Å²) in [5.74, 6) is 0.592. The molecule has 3 heterocycles. The number of hydrogen-bond acceptors (Lipinski definition) is 8. The second kappa shape index (κ2) is 11.1. The quantitative estimate of drug-likeness (QED) is 0.295. The largest absolute Gasteiger partial charge is 0.492 e. The topological polar surface area (TPSA) is 121 Å². The number of fused-ring (bicyclic) bond motifs is 1. The van der Waals surface area contributed by atoms with Crippen LogP contribution < -0.4 is 15.0 Å². The van der Waals surface area contributed by atoms with Crippen LogP contribution in [0.3, 0.4) is 0 Å². The van der Waals surface area contributed by atoms with Crippen molar-refractivity contribution in [3.63, 3.8) is 0 Å². The van der Waals surface area contributed by atoms with Gasteiger partial charge in [-0.15, -0.1) is 0 Å². The highest BCUT2D eigenvalue weighted by molar-refractivity contribution is 7.91. The molecule has 1 aliphatic heterocycles. The van der Waals surface area contributed by atoms with Gasteiger partial charge >= 0.3 is 0 Å². The number of aromatic hydroxyl groups is 1. The lowest BCUT2D eigenvalue weighted by Crippen LogP contribution is -2.33. The molecule has 1 N–H and O–H groups in total.